The highest BCUT2D eigenvalue weighted by atomic mass is 19.3. The van der Waals surface area contributed by atoms with E-state index in [0.717, 1.165) is 38.5 Å². The van der Waals surface area contributed by atoms with E-state index < -0.39 is 17.3 Å². The van der Waals surface area contributed by atoms with Gasteiger partial charge in [-0.2, -0.15) is 8.78 Å². The summed E-state index contributed by atoms with van der Waals surface area (Å²) in [7, 11) is 0. The van der Waals surface area contributed by atoms with Gasteiger partial charge in [0, 0.05) is 5.57 Å². The average Bonchev–Trinajstić information content (AvgIpc) is 3.12. The van der Waals surface area contributed by atoms with Gasteiger partial charge in [-0.1, -0.05) is 13.8 Å². The van der Waals surface area contributed by atoms with Crippen molar-refractivity contribution in [2.75, 3.05) is 0 Å². The van der Waals surface area contributed by atoms with Crippen LogP contribution in [0.25, 0.3) is 0 Å². The molecule has 1 aliphatic heterocycles. The third-order valence-electron chi connectivity index (χ3n) is 9.52. The van der Waals surface area contributed by atoms with Crippen molar-refractivity contribution >= 4 is 0 Å². The number of fused-ring (bicyclic) bond motifs is 8. The minimum absolute atomic E-state index is 0.0400. The zero-order valence-electron chi connectivity index (χ0n) is 17.5. The molecule has 158 valence electrons. The van der Waals surface area contributed by atoms with E-state index in [1.54, 1.807) is 0 Å². The zero-order valence-corrected chi connectivity index (χ0v) is 17.5. The van der Waals surface area contributed by atoms with Crippen LogP contribution >= 0.6 is 0 Å². The highest BCUT2D eigenvalue weighted by Crippen LogP contribution is 2.69. The molecule has 1 N–H and O–H groups in total. The van der Waals surface area contributed by atoms with Gasteiger partial charge in [-0.15, -0.1) is 0 Å². The summed E-state index contributed by atoms with van der Waals surface area (Å²) in [6.07, 6.45) is 3.98. The first-order chi connectivity index (χ1) is 13.1. The van der Waals surface area contributed by atoms with Crippen molar-refractivity contribution in [3.63, 3.8) is 0 Å². The maximum Gasteiger partial charge on any atom is 0.270 e. The molecule has 5 fully saturated rings. The second-order valence-corrected chi connectivity index (χ2v) is 11.1. The van der Waals surface area contributed by atoms with Gasteiger partial charge in [-0.05, 0) is 93.3 Å². The Labute approximate surface area is 166 Å². The van der Waals surface area contributed by atoms with Gasteiger partial charge in [-0.3, -0.25) is 0 Å². The predicted molar refractivity (Wildman–Crippen MR) is 102 cm³/mol. The molecule has 4 saturated carbocycles. The van der Waals surface area contributed by atoms with Crippen LogP contribution in [0.5, 0.6) is 0 Å². The van der Waals surface area contributed by atoms with Crippen LogP contribution in [-0.2, 0) is 9.47 Å². The van der Waals surface area contributed by atoms with Crippen LogP contribution in [0.15, 0.2) is 11.7 Å². The lowest BCUT2D eigenvalue weighted by Gasteiger charge is -2.62. The van der Waals surface area contributed by atoms with Gasteiger partial charge >= 0.3 is 0 Å². The first-order valence-electron chi connectivity index (χ1n) is 11.2. The molecule has 4 aliphatic carbocycles. The van der Waals surface area contributed by atoms with Crippen molar-refractivity contribution in [2.45, 2.75) is 96.7 Å². The second kappa shape index (κ2) is 6.01. The number of allylic oxidation sites excluding steroid dienone is 1. The Morgan fingerprint density at radius 3 is 2.36 bits per heavy atom. The standard InChI is InChI=1S/C23H34F2O3/c1-21(2)27-18-16-11-12(26)7-9-23(16,4)14-8-10-22(3)13(17(14)19(18)28-21)5-6-15(22)20(24)25/h12-14,16-19,26H,5-11H2,1-4H3/t12-,13?,14?,16?,17?,18+,19?,22-,23?/m0/s1. The third kappa shape index (κ3) is 2.48. The van der Waals surface area contributed by atoms with Crippen molar-refractivity contribution in [1.82, 2.24) is 0 Å². The molecule has 0 aromatic carbocycles. The Kier molecular flexibility index (Phi) is 4.17. The molecular weight excluding hydrogens is 362 g/mol. The van der Waals surface area contributed by atoms with Crippen LogP contribution in [0.4, 0.5) is 8.78 Å². The van der Waals surface area contributed by atoms with Crippen molar-refractivity contribution in [1.29, 1.82) is 0 Å². The van der Waals surface area contributed by atoms with E-state index in [9.17, 15) is 13.9 Å². The van der Waals surface area contributed by atoms with Gasteiger partial charge < -0.3 is 14.6 Å². The number of hydrogen-bond acceptors (Lipinski definition) is 3. The number of halogens is 2. The lowest BCUT2D eigenvalue weighted by atomic mass is 9.43. The molecule has 5 aliphatic rings. The Balaban J connectivity index is 1.59. The molecule has 1 heterocycles. The van der Waals surface area contributed by atoms with E-state index in [-0.39, 0.29) is 41.5 Å². The first-order valence-corrected chi connectivity index (χ1v) is 11.2. The van der Waals surface area contributed by atoms with Crippen molar-refractivity contribution in [3.8, 4) is 0 Å². The van der Waals surface area contributed by atoms with Crippen molar-refractivity contribution < 1.29 is 23.4 Å². The molecule has 1 saturated heterocycles. The van der Waals surface area contributed by atoms with Gasteiger partial charge in [0.1, 0.15) is 0 Å². The molecule has 0 bridgehead atoms. The first kappa shape index (κ1) is 19.4. The summed E-state index contributed by atoms with van der Waals surface area (Å²) in [4.78, 5) is 0. The normalized spacial score (nSPS) is 54.5. The summed E-state index contributed by atoms with van der Waals surface area (Å²) >= 11 is 0. The number of aliphatic hydroxyl groups excluding tert-OH is 1. The Morgan fingerprint density at radius 2 is 1.64 bits per heavy atom. The number of aliphatic hydroxyl groups is 1. The van der Waals surface area contributed by atoms with E-state index in [1.165, 1.54) is 0 Å². The Morgan fingerprint density at radius 1 is 0.929 bits per heavy atom. The molecule has 28 heavy (non-hydrogen) atoms. The molecule has 5 rings (SSSR count). The molecule has 0 aromatic rings. The monoisotopic (exact) mass is 396 g/mol. The maximum absolute atomic E-state index is 13.8. The smallest absolute Gasteiger partial charge is 0.270 e. The Bertz CT molecular complexity index is 702. The fourth-order valence-corrected chi connectivity index (χ4v) is 8.29. The van der Waals surface area contributed by atoms with Crippen LogP contribution in [0, 0.1) is 34.5 Å². The van der Waals surface area contributed by atoms with Gasteiger partial charge in [0.05, 0.1) is 18.3 Å². The summed E-state index contributed by atoms with van der Waals surface area (Å²) in [6, 6.07) is 0. The molecule has 0 aromatic heterocycles. The van der Waals surface area contributed by atoms with Crippen LogP contribution in [-0.4, -0.2) is 29.2 Å². The quantitative estimate of drug-likeness (QED) is 0.605. The summed E-state index contributed by atoms with van der Waals surface area (Å²) in [5.74, 6) is 0.590. The highest BCUT2D eigenvalue weighted by Gasteiger charge is 2.68. The van der Waals surface area contributed by atoms with Crippen LogP contribution < -0.4 is 0 Å². The fraction of sp³-hybridized carbons (Fsp3) is 0.913. The summed E-state index contributed by atoms with van der Waals surface area (Å²) in [5.41, 5.74) is 0.0894. The largest absolute Gasteiger partial charge is 0.393 e. The van der Waals surface area contributed by atoms with E-state index in [1.807, 2.05) is 13.8 Å². The van der Waals surface area contributed by atoms with Crippen LogP contribution in [0.2, 0.25) is 0 Å². The van der Waals surface area contributed by atoms with Crippen molar-refractivity contribution in [3.05, 3.63) is 11.7 Å². The minimum Gasteiger partial charge on any atom is -0.393 e. The lowest BCUT2D eigenvalue weighted by Crippen LogP contribution is -2.63. The molecule has 0 radical (unpaired) electrons. The topological polar surface area (TPSA) is 38.7 Å². The number of rotatable bonds is 0. The van der Waals surface area contributed by atoms with Crippen LogP contribution in [0.3, 0.4) is 0 Å². The van der Waals surface area contributed by atoms with Crippen molar-refractivity contribution in [2.24, 2.45) is 34.5 Å². The number of hydrogen-bond donors (Lipinski definition) is 1. The molecule has 0 spiro atoms. The SMILES string of the molecule is CC1(C)OC2C3C(CC[C@]4(C)C(=C(F)F)CCC34)C3(C)CC[C@H](O)CC3[C@H]2O1. The van der Waals surface area contributed by atoms with Gasteiger partial charge in [0.25, 0.3) is 6.08 Å². The predicted octanol–water partition coefficient (Wildman–Crippen LogP) is 5.28. The molecule has 3 nitrogen and oxygen atoms in total. The lowest BCUT2D eigenvalue weighted by molar-refractivity contribution is -0.183. The summed E-state index contributed by atoms with van der Waals surface area (Å²) in [6.45, 7) is 8.40. The van der Waals surface area contributed by atoms with Crippen LogP contribution in [0.1, 0.15) is 72.6 Å². The zero-order chi connectivity index (χ0) is 20.1. The molecule has 6 unspecified atom stereocenters. The van der Waals surface area contributed by atoms with Gasteiger partial charge in [-0.25, -0.2) is 0 Å². The van der Waals surface area contributed by atoms with Gasteiger partial charge in [0.15, 0.2) is 5.79 Å². The van der Waals surface area contributed by atoms with E-state index >= 15 is 0 Å². The molecule has 0 amide bonds. The average molecular weight is 397 g/mol. The second-order valence-electron chi connectivity index (χ2n) is 11.1. The molecule has 5 heteroatoms. The molecule has 9 atom stereocenters. The highest BCUT2D eigenvalue weighted by molar-refractivity contribution is 5.26. The fourth-order valence-electron chi connectivity index (χ4n) is 8.29. The van der Waals surface area contributed by atoms with E-state index in [4.69, 9.17) is 9.47 Å². The third-order valence-corrected chi connectivity index (χ3v) is 9.52. The van der Waals surface area contributed by atoms with E-state index in [0.29, 0.717) is 17.9 Å². The van der Waals surface area contributed by atoms with E-state index in [2.05, 4.69) is 13.8 Å². The summed E-state index contributed by atoms with van der Waals surface area (Å²) in [5, 5.41) is 10.4. The molecular formula is C23H34F2O3. The summed E-state index contributed by atoms with van der Waals surface area (Å²) < 4.78 is 40.4. The maximum atomic E-state index is 13.8. The van der Waals surface area contributed by atoms with Gasteiger partial charge in [0.2, 0.25) is 0 Å². The Hall–Kier alpha value is -0.520. The minimum atomic E-state index is -1.45. The number of ether oxygens (including phenoxy) is 2.